The van der Waals surface area contributed by atoms with Gasteiger partial charge < -0.3 is 266 Å². The van der Waals surface area contributed by atoms with E-state index in [9.17, 15) is 0 Å². The molecule has 33 heteroatoms. The van der Waals surface area contributed by atoms with Gasteiger partial charge in [0.15, 0.2) is 0 Å². The van der Waals surface area contributed by atoms with E-state index in [-0.39, 0.29) is 469 Å². The number of halogens is 11. The smallest absolute Gasteiger partial charge is 1.00 e. The van der Waals surface area contributed by atoms with E-state index >= 15 is 0 Å². The molecule has 0 saturated carbocycles. The molecule has 0 unspecified atom stereocenters. The number of rotatable bonds is 37. The van der Waals surface area contributed by atoms with Crippen LogP contribution in [0, 0.1) is 76.2 Å². The maximum absolute atomic E-state index is 4.06. The molecule has 0 spiro atoms. The molecule has 0 N–H and O–H groups in total. The first-order chi connectivity index (χ1) is 59.6. The standard InChI is InChI=1S/3C16H19Si.3C11H17Si.2C9H21Si.3C5H13Si.4BrH.4ClH.3HI.11Mg/c3*1-3-14-17(2,15-10-6-4-7-11-15)16-12-8-5-9-13-16;3*1-4-10-12(2,3)11-8-6-5-7-9-11;2*1-5-9-10(6-2,7-3)8-4;3*1-4-5-6(2)3;;;;;;;;;;;;;;;;;;;;;;/h3*4-13H,1,3,14H2,2H3;3*5-9H,1,4,10H2,2-3H3;2*1,5-9H2,2-4H3;3*6H,1,4-5H2,2-3H3;11*1H;;;;;;;;;;;/q11*-1;;;;;;;;;;;;11*+2/p-11. The van der Waals surface area contributed by atoms with Gasteiger partial charge in [0.25, 0.3) is 0 Å². The molecule has 0 amide bonds. The Kier molecular flexibility index (Phi) is 195. The predicted molar refractivity (Wildman–Crippen MR) is 679 cm³/mol. The van der Waals surface area contributed by atoms with Crippen LogP contribution >= 0.6 is 0 Å². The predicted octanol–water partition coefficient (Wildman–Crippen LogP) is -6.83. The van der Waals surface area contributed by atoms with Crippen molar-refractivity contribution in [2.75, 3.05) is 0 Å². The van der Waals surface area contributed by atoms with Crippen molar-refractivity contribution in [1.29, 1.82) is 0 Å². The van der Waals surface area contributed by atoms with Crippen molar-refractivity contribution in [1.82, 2.24) is 0 Å². The maximum atomic E-state index is 4.06. The van der Waals surface area contributed by atoms with Crippen LogP contribution in [-0.4, -0.2) is 345 Å². The molecule has 0 radical (unpaired) electrons. The van der Waals surface area contributed by atoms with E-state index in [1.54, 1.807) is 15.6 Å². The first-order valence-corrected chi connectivity index (χ1v) is 81.6. The summed E-state index contributed by atoms with van der Waals surface area (Å²) in [5.41, 5.74) is 0. The second-order valence-corrected chi connectivity index (χ2v) is 86.8. The summed E-state index contributed by atoms with van der Waals surface area (Å²) in [5, 5.41) is 13.7. The molecular weight excluding hydrogens is 2790 g/mol. The van der Waals surface area contributed by atoms with E-state index in [1.165, 1.54) is 134 Å². The third-order valence-electron chi connectivity index (χ3n) is 25.8. The zero-order valence-corrected chi connectivity index (χ0v) is 140. The van der Waals surface area contributed by atoms with Crippen molar-refractivity contribution in [3.63, 3.8) is 0 Å². The summed E-state index contributed by atoms with van der Waals surface area (Å²) < 4.78 is 0. The van der Waals surface area contributed by atoms with Crippen LogP contribution in [0.15, 0.2) is 273 Å². The molecule has 9 aromatic carbocycles. The Morgan fingerprint density at radius 2 is 0.286 bits per heavy atom. The van der Waals surface area contributed by atoms with E-state index in [1.807, 2.05) is 0 Å². The fourth-order valence-electron chi connectivity index (χ4n) is 16.2. The van der Waals surface area contributed by atoms with Gasteiger partial charge in [-0.25, -0.2) is 0 Å². The molecule has 0 fully saturated rings. The van der Waals surface area contributed by atoms with Crippen LogP contribution in [0.1, 0.15) is 112 Å². The Balaban J connectivity index is -0.0000000514. The zero-order valence-electron chi connectivity index (χ0n) is 96.7. The van der Waals surface area contributed by atoms with Gasteiger partial charge in [-0.05, 0) is 0 Å². The summed E-state index contributed by atoms with van der Waals surface area (Å²) in [4.78, 5) is 0. The summed E-state index contributed by atoms with van der Waals surface area (Å²) in [6, 6.07) is 121. The van der Waals surface area contributed by atoms with Crippen molar-refractivity contribution in [2.45, 2.75) is 313 Å². The summed E-state index contributed by atoms with van der Waals surface area (Å²) in [6.45, 7) is 93.2. The van der Waals surface area contributed by atoms with Gasteiger partial charge in [-0.2, -0.15) is 70.6 Å². The van der Waals surface area contributed by atoms with E-state index in [2.05, 4.69) is 489 Å². The summed E-state index contributed by atoms with van der Waals surface area (Å²) in [6.07, 6.45) is 11.9. The van der Waals surface area contributed by atoms with Gasteiger partial charge in [0.05, 0.1) is 40.4 Å². The molecule has 788 valence electrons. The Hall–Kier alpha value is 9.06. The number of hydrogen-bond donors (Lipinski definition) is 0. The summed E-state index contributed by atoms with van der Waals surface area (Å²) >= 11 is 0. The molecule has 0 aliphatic rings. The molecule has 0 aromatic heterocycles. The topological polar surface area (TPSA) is 0 Å². The second-order valence-electron chi connectivity index (χ2n) is 38.0. The average Bonchev–Trinajstić information content (AvgIpc) is 0.805. The Morgan fingerprint density at radius 1 is 0.177 bits per heavy atom. The third-order valence-corrected chi connectivity index (χ3v) is 66.5. The fraction of sp³-hybridized carbons (Fsp3) is 0.430. The van der Waals surface area contributed by atoms with Gasteiger partial charge in [0.1, 0.15) is 24.2 Å². The van der Waals surface area contributed by atoms with E-state index in [0.29, 0.717) is 0 Å². The first kappa shape index (κ1) is 215. The number of benzene rings is 9. The van der Waals surface area contributed by atoms with E-state index in [0.717, 1.165) is 70.6 Å². The molecule has 9 aromatic rings. The van der Waals surface area contributed by atoms with Crippen molar-refractivity contribution in [3.8, 4) is 0 Å². The SMILES string of the molecule is [Br-].[Br-].[Br-].[Br-].[CH2-]CC[SiH](C)C.[CH2-]CC[SiH](C)C.[CH2-]CC[SiH](C)C.[CH2-]CC[Si](C)(C)c1ccccc1.[CH2-]CC[Si](C)(C)c1ccccc1.[CH2-]CC[Si](C)(C)c1ccccc1.[CH2-]CC[Si](C)(c1ccccc1)c1ccccc1.[CH2-]CC[Si](C)(c1ccccc1)c1ccccc1.[CH2-]CC[Si](C)(c1ccccc1)c1ccccc1.[CH2-]CC[Si](CC)(CC)CC.[CH2-]CC[Si](CC)(CC)CC.[Cl-].[Cl-].[Cl-].[Cl-].[I-].[I-].[I-].[Mg+2].[Mg+2].[Mg+2].[Mg+2].[Mg+2].[Mg+2].[Mg+2].[Mg+2].[Mg+2].[Mg+2].[Mg+2]. The normalized spacial score (nSPS) is 9.65. The molecule has 0 saturated heterocycles. The molecular formula is C114H189Br4Cl4I3Mg11Si11. The van der Waals surface area contributed by atoms with Crippen LogP contribution in [0.4, 0.5) is 0 Å². The zero-order chi connectivity index (χ0) is 94.5. The van der Waals surface area contributed by atoms with Crippen molar-refractivity contribution in [3.05, 3.63) is 349 Å². The van der Waals surface area contributed by atoms with Crippen LogP contribution < -0.4 is 236 Å². The Bertz CT molecular complexity index is 3420. The van der Waals surface area contributed by atoms with Gasteiger partial charge in [-0.3, -0.25) is 0 Å². The Morgan fingerprint density at radius 3 is 0.361 bits per heavy atom. The van der Waals surface area contributed by atoms with Crippen molar-refractivity contribution < 1.29 is 189 Å². The van der Waals surface area contributed by atoms with Crippen molar-refractivity contribution in [2.24, 2.45) is 0 Å². The molecule has 9 rings (SSSR count). The monoisotopic (exact) mass is 2970 g/mol. The van der Waals surface area contributed by atoms with Gasteiger partial charge >= 0.3 is 254 Å². The van der Waals surface area contributed by atoms with Crippen molar-refractivity contribution >= 4 is 391 Å². The summed E-state index contributed by atoms with van der Waals surface area (Å²) in [7, 11) is -10.4. The largest absolute Gasteiger partial charge is 2.00 e. The number of hydrogen-bond acceptors (Lipinski definition) is 0. The van der Waals surface area contributed by atoms with Gasteiger partial charge in [0.2, 0.25) is 0 Å². The molecule has 0 aliphatic carbocycles. The molecule has 0 atom stereocenters. The minimum Gasteiger partial charge on any atom is -1.00 e. The van der Waals surface area contributed by atoms with Gasteiger partial charge in [-0.1, -0.05) is 562 Å². The first-order valence-electron chi connectivity index (χ1n) is 48.8. The summed E-state index contributed by atoms with van der Waals surface area (Å²) in [5.74, 6) is 0. The van der Waals surface area contributed by atoms with Gasteiger partial charge in [0, 0.05) is 26.4 Å². The van der Waals surface area contributed by atoms with Crippen LogP contribution in [0.3, 0.4) is 0 Å². The minimum atomic E-state index is -1.56. The van der Waals surface area contributed by atoms with Crippen LogP contribution in [0.25, 0.3) is 0 Å². The fourth-order valence-corrected chi connectivity index (χ4v) is 42.5. The third kappa shape index (κ3) is 96.5. The maximum Gasteiger partial charge on any atom is 2.00 e. The van der Waals surface area contributed by atoms with E-state index in [4.69, 9.17) is 0 Å². The second kappa shape index (κ2) is 133. The Labute approximate surface area is 1220 Å². The van der Waals surface area contributed by atoms with Crippen LogP contribution in [0.5, 0.6) is 0 Å². The molecule has 0 aliphatic heterocycles. The van der Waals surface area contributed by atoms with E-state index < -0.39 is 64.6 Å². The molecule has 0 nitrogen and oxygen atoms in total. The average molecular weight is 2980 g/mol. The minimum absolute atomic E-state index is 0. The van der Waals surface area contributed by atoms with Crippen LogP contribution in [-0.2, 0) is 0 Å². The quantitative estimate of drug-likeness (QED) is 0.0207. The van der Waals surface area contributed by atoms with Crippen LogP contribution in [0.2, 0.25) is 201 Å². The molecule has 147 heavy (non-hydrogen) atoms. The molecule has 0 bridgehead atoms. The molecule has 0 heterocycles. The van der Waals surface area contributed by atoms with Gasteiger partial charge in [-0.15, -0.1) is 0 Å².